The zero-order valence-electron chi connectivity index (χ0n) is 18.7. The Bertz CT molecular complexity index is 1280. The molecule has 0 aliphatic rings. The predicted molar refractivity (Wildman–Crippen MR) is 126 cm³/mol. The number of nitrogens with two attached hydrogens (primary N) is 1. The summed E-state index contributed by atoms with van der Waals surface area (Å²) >= 11 is 0. The number of aromatic amines is 3. The van der Waals surface area contributed by atoms with E-state index in [0.717, 1.165) is 16.5 Å². The number of nitrogens with one attached hydrogen (secondary N) is 5. The number of hydrogen-bond acceptors (Lipinski definition) is 6. The molecule has 0 spiro atoms. The summed E-state index contributed by atoms with van der Waals surface area (Å²) in [6.45, 7) is 0. The van der Waals surface area contributed by atoms with Gasteiger partial charge in [0.1, 0.15) is 12.1 Å². The van der Waals surface area contributed by atoms with E-state index in [1.807, 2.05) is 24.3 Å². The van der Waals surface area contributed by atoms with Crippen molar-refractivity contribution in [2.45, 2.75) is 37.4 Å². The first-order valence-corrected chi connectivity index (χ1v) is 11.0. The second kappa shape index (κ2) is 10.7. The normalized spacial score (nSPS) is 13.7. The maximum atomic E-state index is 13.2. The molecule has 3 unspecified atom stereocenters. The lowest BCUT2D eigenvalue weighted by Crippen LogP contribution is -2.56. The van der Waals surface area contributed by atoms with Crippen molar-refractivity contribution in [3.63, 3.8) is 0 Å². The molecular formula is C23H26N8O4. The van der Waals surface area contributed by atoms with Gasteiger partial charge < -0.3 is 36.4 Å². The van der Waals surface area contributed by atoms with Crippen molar-refractivity contribution < 1.29 is 19.5 Å². The number of carboxylic acids is 1. The van der Waals surface area contributed by atoms with Gasteiger partial charge in [-0.15, -0.1) is 0 Å². The summed E-state index contributed by atoms with van der Waals surface area (Å²) in [7, 11) is 0. The molecule has 3 heterocycles. The van der Waals surface area contributed by atoms with Crippen LogP contribution in [0.25, 0.3) is 10.9 Å². The van der Waals surface area contributed by atoms with Crippen LogP contribution in [0.5, 0.6) is 0 Å². The number of fused-ring (bicyclic) bond motifs is 1. The summed E-state index contributed by atoms with van der Waals surface area (Å²) in [5.74, 6) is -2.39. The molecule has 12 nitrogen and oxygen atoms in total. The molecule has 0 bridgehead atoms. The smallest absolute Gasteiger partial charge is 0.326 e. The van der Waals surface area contributed by atoms with Crippen LogP contribution in [0, 0.1) is 0 Å². The quantitative estimate of drug-likeness (QED) is 0.158. The van der Waals surface area contributed by atoms with Crippen molar-refractivity contribution in [1.82, 2.24) is 35.6 Å². The van der Waals surface area contributed by atoms with Crippen LogP contribution in [0.4, 0.5) is 0 Å². The zero-order valence-corrected chi connectivity index (χ0v) is 18.7. The number of aromatic nitrogens is 5. The SMILES string of the molecule is NC(Cc1cnc[nH]1)C(=O)NC(Cc1cnc[nH]1)C(=O)NC(Cc1c[nH]c2ccccc12)C(=O)O. The first-order chi connectivity index (χ1) is 16.9. The number of nitrogens with zero attached hydrogens (tertiary/aromatic N) is 2. The fourth-order valence-corrected chi connectivity index (χ4v) is 3.82. The zero-order chi connectivity index (χ0) is 24.8. The molecule has 3 aromatic heterocycles. The molecule has 35 heavy (non-hydrogen) atoms. The fraction of sp³-hybridized carbons (Fsp3) is 0.261. The van der Waals surface area contributed by atoms with E-state index in [2.05, 4.69) is 35.6 Å². The van der Waals surface area contributed by atoms with Crippen LogP contribution in [0.3, 0.4) is 0 Å². The molecule has 0 saturated heterocycles. The van der Waals surface area contributed by atoms with Gasteiger partial charge in [0.2, 0.25) is 11.8 Å². The van der Waals surface area contributed by atoms with Gasteiger partial charge in [0.05, 0.1) is 18.7 Å². The highest BCUT2D eigenvalue weighted by atomic mass is 16.4. The third kappa shape index (κ3) is 5.92. The van der Waals surface area contributed by atoms with Crippen LogP contribution in [-0.2, 0) is 33.6 Å². The van der Waals surface area contributed by atoms with Gasteiger partial charge in [-0.1, -0.05) is 18.2 Å². The molecule has 4 rings (SSSR count). The Kier molecular flexibility index (Phi) is 7.21. The molecule has 2 amide bonds. The molecule has 3 atom stereocenters. The van der Waals surface area contributed by atoms with E-state index >= 15 is 0 Å². The van der Waals surface area contributed by atoms with Crippen molar-refractivity contribution in [1.29, 1.82) is 0 Å². The van der Waals surface area contributed by atoms with E-state index in [1.54, 1.807) is 12.4 Å². The van der Waals surface area contributed by atoms with Gasteiger partial charge in [0.15, 0.2) is 0 Å². The number of hydrogen-bond donors (Lipinski definition) is 7. The Balaban J connectivity index is 1.47. The fourth-order valence-electron chi connectivity index (χ4n) is 3.82. The van der Waals surface area contributed by atoms with Crippen molar-refractivity contribution in [2.24, 2.45) is 5.73 Å². The van der Waals surface area contributed by atoms with Gasteiger partial charge >= 0.3 is 5.97 Å². The Hall–Kier alpha value is -4.45. The summed E-state index contributed by atoms with van der Waals surface area (Å²) in [6.07, 6.45) is 8.08. The monoisotopic (exact) mass is 478 g/mol. The molecule has 1 aromatic carbocycles. The van der Waals surface area contributed by atoms with Gasteiger partial charge in [-0.25, -0.2) is 14.8 Å². The molecule has 182 valence electrons. The average molecular weight is 479 g/mol. The number of aliphatic carboxylic acids is 1. The van der Waals surface area contributed by atoms with E-state index in [9.17, 15) is 19.5 Å². The lowest BCUT2D eigenvalue weighted by Gasteiger charge is -2.22. The van der Waals surface area contributed by atoms with Crippen LogP contribution >= 0.6 is 0 Å². The summed E-state index contributed by atoms with van der Waals surface area (Å²) in [5.41, 5.74) is 8.90. The number of benzene rings is 1. The minimum atomic E-state index is -1.21. The van der Waals surface area contributed by atoms with Crippen LogP contribution in [-0.4, -0.2) is 65.9 Å². The largest absolute Gasteiger partial charge is 0.480 e. The highest BCUT2D eigenvalue weighted by Gasteiger charge is 2.29. The molecular weight excluding hydrogens is 452 g/mol. The molecule has 0 aliphatic heterocycles. The summed E-state index contributed by atoms with van der Waals surface area (Å²) in [5, 5.41) is 15.9. The predicted octanol–water partition coefficient (Wildman–Crippen LogP) is 0.0235. The van der Waals surface area contributed by atoms with E-state index < -0.39 is 35.9 Å². The van der Waals surface area contributed by atoms with E-state index in [4.69, 9.17) is 5.73 Å². The van der Waals surface area contributed by atoms with Gasteiger partial charge in [-0.2, -0.15) is 0 Å². The first kappa shape index (κ1) is 23.7. The van der Waals surface area contributed by atoms with Crippen LogP contribution in [0.15, 0.2) is 55.5 Å². The molecule has 0 aliphatic carbocycles. The van der Waals surface area contributed by atoms with Gasteiger partial charge in [-0.05, 0) is 11.6 Å². The Morgan fingerprint density at radius 3 is 2.20 bits per heavy atom. The van der Waals surface area contributed by atoms with Crippen molar-refractivity contribution in [3.8, 4) is 0 Å². The van der Waals surface area contributed by atoms with Gasteiger partial charge in [0, 0.05) is 60.1 Å². The van der Waals surface area contributed by atoms with Crippen molar-refractivity contribution in [2.75, 3.05) is 0 Å². The molecule has 0 fully saturated rings. The highest BCUT2D eigenvalue weighted by Crippen LogP contribution is 2.19. The number of H-pyrrole nitrogens is 3. The Morgan fingerprint density at radius 1 is 0.886 bits per heavy atom. The van der Waals surface area contributed by atoms with Crippen LogP contribution < -0.4 is 16.4 Å². The molecule has 0 saturated carbocycles. The lowest BCUT2D eigenvalue weighted by atomic mass is 10.0. The van der Waals surface area contributed by atoms with E-state index in [-0.39, 0.29) is 19.3 Å². The topological polar surface area (TPSA) is 195 Å². The van der Waals surface area contributed by atoms with E-state index in [1.165, 1.54) is 18.9 Å². The van der Waals surface area contributed by atoms with Crippen LogP contribution in [0.2, 0.25) is 0 Å². The van der Waals surface area contributed by atoms with Crippen molar-refractivity contribution >= 4 is 28.7 Å². The lowest BCUT2D eigenvalue weighted by molar-refractivity contribution is -0.142. The second-order valence-electron chi connectivity index (χ2n) is 8.19. The molecule has 12 heteroatoms. The minimum Gasteiger partial charge on any atom is -0.480 e. The third-order valence-corrected chi connectivity index (χ3v) is 5.66. The van der Waals surface area contributed by atoms with Gasteiger partial charge in [-0.3, -0.25) is 9.59 Å². The number of carbonyl (C=O) groups is 3. The molecule has 4 aromatic rings. The minimum absolute atomic E-state index is 0.0646. The number of amides is 2. The van der Waals surface area contributed by atoms with E-state index in [0.29, 0.717) is 11.4 Å². The Labute approximate surface area is 199 Å². The average Bonchev–Trinajstić information content (AvgIpc) is 3.61. The summed E-state index contributed by atoms with van der Waals surface area (Å²) in [4.78, 5) is 54.6. The first-order valence-electron chi connectivity index (χ1n) is 11.0. The Morgan fingerprint density at radius 2 is 1.54 bits per heavy atom. The van der Waals surface area contributed by atoms with Crippen molar-refractivity contribution in [3.05, 3.63) is 72.5 Å². The third-order valence-electron chi connectivity index (χ3n) is 5.66. The summed E-state index contributed by atoms with van der Waals surface area (Å²) in [6, 6.07) is 4.28. The van der Waals surface area contributed by atoms with Gasteiger partial charge in [0.25, 0.3) is 0 Å². The maximum absolute atomic E-state index is 13.2. The number of carboxylic acid groups (broad SMARTS) is 1. The standard InChI is InChI=1S/C23H26N8O4/c24-17(6-14-9-25-11-28-14)21(32)30-19(7-15-10-26-12-29-15)22(33)31-20(23(34)35)5-13-8-27-18-4-2-1-3-16(13)18/h1-4,8-12,17,19-20,27H,5-7,24H2,(H,25,28)(H,26,29)(H,30,32)(H,31,33)(H,34,35). The maximum Gasteiger partial charge on any atom is 0.326 e. The second-order valence-corrected chi connectivity index (χ2v) is 8.19. The van der Waals surface area contributed by atoms with Crippen LogP contribution in [0.1, 0.15) is 17.0 Å². The molecule has 0 radical (unpaired) electrons. The summed E-state index contributed by atoms with van der Waals surface area (Å²) < 4.78 is 0. The number of carbonyl (C=O) groups excluding carboxylic acids is 2. The molecule has 8 N–H and O–H groups in total. The number of rotatable bonds is 11. The highest BCUT2D eigenvalue weighted by molar-refractivity contribution is 5.92. The number of imidazole rings is 2. The number of para-hydroxylation sites is 1.